The molecule has 0 saturated carbocycles. The third kappa shape index (κ3) is 15.5. The van der Waals surface area contributed by atoms with Gasteiger partial charge in [0, 0.05) is 0 Å². The number of rotatable bonds is 6. The minimum atomic E-state index is -1.38. The fourth-order valence-electron chi connectivity index (χ4n) is 0.783. The third-order valence-corrected chi connectivity index (χ3v) is 1.67. The molecule has 0 saturated heterocycles. The van der Waals surface area contributed by atoms with Gasteiger partial charge >= 0.3 is 19.5 Å². The molecule has 0 aliphatic carbocycles. The first-order chi connectivity index (χ1) is 7.36. The van der Waals surface area contributed by atoms with Crippen LogP contribution < -0.4 is 10.2 Å². The summed E-state index contributed by atoms with van der Waals surface area (Å²) in [5.74, 6) is -2.77. The van der Waals surface area contributed by atoms with Gasteiger partial charge in [-0.2, -0.15) is 0 Å². The normalized spacial score (nSPS) is 12.5. The van der Waals surface area contributed by atoms with Crippen LogP contribution in [0.3, 0.4) is 0 Å². The summed E-state index contributed by atoms with van der Waals surface area (Å²) >= 11 is 0. The molecular formula is C10H18O6Zn. The molecule has 2 atom stereocenters. The van der Waals surface area contributed by atoms with Crippen LogP contribution in [0.25, 0.3) is 0 Å². The fraction of sp³-hybridized carbons (Fsp3) is 0.800. The summed E-state index contributed by atoms with van der Waals surface area (Å²) in [5.41, 5.74) is 0. The van der Waals surface area contributed by atoms with Crippen LogP contribution in [0.4, 0.5) is 0 Å². The Hall–Kier alpha value is -0.517. The van der Waals surface area contributed by atoms with E-state index in [4.69, 9.17) is 10.2 Å². The second kappa shape index (κ2) is 13.5. The van der Waals surface area contributed by atoms with Gasteiger partial charge in [0.05, 0.1) is 24.1 Å². The Kier molecular flexibility index (Phi) is 17.3. The quantitative estimate of drug-likeness (QED) is 0.537. The van der Waals surface area contributed by atoms with Crippen molar-refractivity contribution in [3.05, 3.63) is 0 Å². The van der Waals surface area contributed by atoms with Gasteiger partial charge in [0.25, 0.3) is 0 Å². The Labute approximate surface area is 113 Å². The molecule has 0 heterocycles. The number of hydrogen-bond acceptors (Lipinski definition) is 6. The molecule has 0 aromatic rings. The first-order valence-electron chi connectivity index (χ1n) is 5.14. The zero-order chi connectivity index (χ0) is 13.1. The van der Waals surface area contributed by atoms with Gasteiger partial charge in [-0.05, 0) is 12.8 Å². The number of hydrogen-bond donors (Lipinski definition) is 2. The Morgan fingerprint density at radius 2 is 1.18 bits per heavy atom. The molecule has 0 aliphatic heterocycles. The Balaban J connectivity index is -0.000000218. The molecule has 0 spiro atoms. The van der Waals surface area contributed by atoms with E-state index in [1.807, 2.05) is 0 Å². The molecule has 0 aromatic heterocycles. The summed E-state index contributed by atoms with van der Waals surface area (Å²) in [6.45, 7) is 3.60. The van der Waals surface area contributed by atoms with Crippen LogP contribution in [0.15, 0.2) is 0 Å². The summed E-state index contributed by atoms with van der Waals surface area (Å²) in [6.07, 6.45) is -0.672. The summed E-state index contributed by atoms with van der Waals surface area (Å²) < 4.78 is 0. The maximum absolute atomic E-state index is 9.73. The molecular weight excluding hydrogens is 281 g/mol. The van der Waals surface area contributed by atoms with Gasteiger partial charge in [-0.1, -0.05) is 26.7 Å². The monoisotopic (exact) mass is 298 g/mol. The number of carbonyl (C=O) groups is 2. The van der Waals surface area contributed by atoms with Crippen LogP contribution in [0.5, 0.6) is 0 Å². The van der Waals surface area contributed by atoms with Gasteiger partial charge in [0.1, 0.15) is 0 Å². The van der Waals surface area contributed by atoms with Crippen molar-refractivity contribution in [2.24, 2.45) is 0 Å². The molecule has 0 fully saturated rings. The van der Waals surface area contributed by atoms with Crippen LogP contribution >= 0.6 is 0 Å². The van der Waals surface area contributed by atoms with E-state index in [0.717, 1.165) is 0 Å². The van der Waals surface area contributed by atoms with Gasteiger partial charge in [-0.25, -0.2) is 0 Å². The molecule has 0 bridgehead atoms. The molecule has 2 N–H and O–H groups in total. The van der Waals surface area contributed by atoms with E-state index < -0.39 is 24.1 Å². The molecule has 0 amide bonds. The molecule has 96 valence electrons. The van der Waals surface area contributed by atoms with E-state index in [1.165, 1.54) is 0 Å². The summed E-state index contributed by atoms with van der Waals surface area (Å²) in [6, 6.07) is 0. The van der Waals surface area contributed by atoms with Crippen LogP contribution in [0, 0.1) is 0 Å². The van der Waals surface area contributed by atoms with E-state index in [0.29, 0.717) is 12.8 Å². The first-order valence-corrected chi connectivity index (χ1v) is 5.14. The number of carbonyl (C=O) groups excluding carboxylic acids is 2. The van der Waals surface area contributed by atoms with Crippen LogP contribution in [0.1, 0.15) is 39.5 Å². The fourth-order valence-corrected chi connectivity index (χ4v) is 0.783. The van der Waals surface area contributed by atoms with E-state index in [-0.39, 0.29) is 32.3 Å². The Morgan fingerprint density at radius 1 is 0.941 bits per heavy atom. The molecule has 7 heteroatoms. The second-order valence-corrected chi connectivity index (χ2v) is 3.25. The maximum Gasteiger partial charge on any atom is 2.00 e. The molecule has 2 unspecified atom stereocenters. The van der Waals surface area contributed by atoms with Crippen molar-refractivity contribution < 1.29 is 49.5 Å². The molecule has 17 heavy (non-hydrogen) atoms. The van der Waals surface area contributed by atoms with Crippen molar-refractivity contribution in [3.63, 3.8) is 0 Å². The third-order valence-electron chi connectivity index (χ3n) is 1.67. The topological polar surface area (TPSA) is 121 Å². The molecule has 0 aliphatic rings. The Bertz CT molecular complexity index is 187. The number of aliphatic hydroxyl groups is 2. The molecule has 0 radical (unpaired) electrons. The minimum absolute atomic E-state index is 0. The van der Waals surface area contributed by atoms with Crippen molar-refractivity contribution >= 4 is 11.9 Å². The van der Waals surface area contributed by atoms with Crippen LogP contribution in [0.2, 0.25) is 0 Å². The number of carboxylic acid groups (broad SMARTS) is 2. The van der Waals surface area contributed by atoms with Gasteiger partial charge in [0.2, 0.25) is 0 Å². The zero-order valence-electron chi connectivity index (χ0n) is 10.2. The van der Waals surface area contributed by atoms with E-state index in [9.17, 15) is 19.8 Å². The smallest absolute Gasteiger partial charge is 0.547 e. The number of carboxylic acids is 2. The average molecular weight is 300 g/mol. The zero-order valence-corrected chi connectivity index (χ0v) is 13.2. The van der Waals surface area contributed by atoms with Gasteiger partial charge in [0.15, 0.2) is 0 Å². The summed E-state index contributed by atoms with van der Waals surface area (Å²) in [4.78, 5) is 19.5. The standard InChI is InChI=1S/2C5H10O3.Zn/c2*1-2-3-4(6)5(7)8;/h2*4,6H,2-3H2,1H3,(H,7,8);/q;;+2/p-2. The Morgan fingerprint density at radius 3 is 1.24 bits per heavy atom. The maximum atomic E-state index is 9.73. The second-order valence-electron chi connectivity index (χ2n) is 3.25. The van der Waals surface area contributed by atoms with Crippen LogP contribution in [-0.4, -0.2) is 34.4 Å². The summed E-state index contributed by atoms with van der Waals surface area (Å²) in [7, 11) is 0. The van der Waals surface area contributed by atoms with Crippen molar-refractivity contribution in [1.29, 1.82) is 0 Å². The van der Waals surface area contributed by atoms with Crippen molar-refractivity contribution in [3.8, 4) is 0 Å². The first kappa shape index (κ1) is 21.7. The molecule has 0 aromatic carbocycles. The van der Waals surface area contributed by atoms with E-state index in [1.54, 1.807) is 13.8 Å². The predicted octanol–water partition coefficient (Wildman–Crippen LogP) is -2.21. The van der Waals surface area contributed by atoms with Gasteiger partial charge < -0.3 is 30.0 Å². The SMILES string of the molecule is CCCC(O)C(=O)[O-].CCCC(O)C(=O)[O-].[Zn+2]. The number of aliphatic carboxylic acids is 2. The average Bonchev–Trinajstić information content (AvgIpc) is 2.19. The molecule has 6 nitrogen and oxygen atoms in total. The minimum Gasteiger partial charge on any atom is -0.547 e. The van der Waals surface area contributed by atoms with Crippen molar-refractivity contribution in [1.82, 2.24) is 0 Å². The summed E-state index contributed by atoms with van der Waals surface area (Å²) in [5, 5.41) is 36.4. The van der Waals surface area contributed by atoms with E-state index in [2.05, 4.69) is 0 Å². The van der Waals surface area contributed by atoms with Gasteiger partial charge in [-0.15, -0.1) is 0 Å². The molecule has 0 rings (SSSR count). The van der Waals surface area contributed by atoms with Crippen LogP contribution in [-0.2, 0) is 29.1 Å². The van der Waals surface area contributed by atoms with Crippen molar-refractivity contribution in [2.45, 2.75) is 51.7 Å². The number of aliphatic hydroxyl groups excluding tert-OH is 2. The van der Waals surface area contributed by atoms with E-state index >= 15 is 0 Å². The predicted molar refractivity (Wildman–Crippen MR) is 51.8 cm³/mol. The van der Waals surface area contributed by atoms with Gasteiger partial charge in [-0.3, -0.25) is 0 Å². The largest absolute Gasteiger partial charge is 2.00 e. The van der Waals surface area contributed by atoms with Crippen molar-refractivity contribution in [2.75, 3.05) is 0 Å².